The van der Waals surface area contributed by atoms with Crippen molar-refractivity contribution >= 4 is 39.2 Å². The number of nitrogens with one attached hydrogen (secondary N) is 2. The molecule has 0 aliphatic heterocycles. The third kappa shape index (κ3) is 6.41. The Kier molecular flexibility index (Phi) is 7.77. The second-order valence-corrected chi connectivity index (χ2v) is 6.25. The number of carbonyl (C=O) groups is 1. The van der Waals surface area contributed by atoms with Crippen LogP contribution in [0.1, 0.15) is 15.9 Å². The number of carbonyl (C=O) groups excluding carboxylic acids is 1. The van der Waals surface area contributed by atoms with Gasteiger partial charge in [-0.15, -0.1) is 0 Å². The van der Waals surface area contributed by atoms with Crippen LogP contribution in [0.2, 0.25) is 0 Å². The van der Waals surface area contributed by atoms with Crippen LogP contribution in [0.5, 0.6) is 5.75 Å². The minimum Gasteiger partial charge on any atom is -0.490 e. The molecule has 0 fully saturated rings. The van der Waals surface area contributed by atoms with Gasteiger partial charge < -0.3 is 14.8 Å². The Labute approximate surface area is 160 Å². The molecule has 2 aromatic rings. The summed E-state index contributed by atoms with van der Waals surface area (Å²) in [6.07, 6.45) is 3.43. The topological polar surface area (TPSA) is 72.5 Å². The summed E-state index contributed by atoms with van der Waals surface area (Å²) >= 11 is 8.54. The number of pyridine rings is 1. The van der Waals surface area contributed by atoms with Crippen molar-refractivity contribution in [3.8, 4) is 5.75 Å². The van der Waals surface area contributed by atoms with Crippen LogP contribution < -0.4 is 15.4 Å². The quantitative estimate of drug-likeness (QED) is 0.526. The van der Waals surface area contributed by atoms with Crippen molar-refractivity contribution in [3.63, 3.8) is 0 Å². The van der Waals surface area contributed by atoms with Gasteiger partial charge in [-0.05, 0) is 58.0 Å². The van der Waals surface area contributed by atoms with Gasteiger partial charge in [0, 0.05) is 31.6 Å². The summed E-state index contributed by atoms with van der Waals surface area (Å²) in [6.45, 7) is 1.41. The first-order valence-corrected chi connectivity index (χ1v) is 8.69. The van der Waals surface area contributed by atoms with E-state index >= 15 is 0 Å². The van der Waals surface area contributed by atoms with Gasteiger partial charge >= 0.3 is 0 Å². The Balaban J connectivity index is 1.87. The summed E-state index contributed by atoms with van der Waals surface area (Å²) in [6, 6.07) is 8.84. The van der Waals surface area contributed by atoms with E-state index in [4.69, 9.17) is 21.7 Å². The fourth-order valence-corrected chi connectivity index (χ4v) is 2.56. The summed E-state index contributed by atoms with van der Waals surface area (Å²) in [5.74, 6) is 0.346. The highest BCUT2D eigenvalue weighted by molar-refractivity contribution is 9.10. The van der Waals surface area contributed by atoms with Gasteiger partial charge in [-0.2, -0.15) is 0 Å². The number of halogens is 1. The van der Waals surface area contributed by atoms with E-state index in [0.29, 0.717) is 35.5 Å². The zero-order valence-corrected chi connectivity index (χ0v) is 16.0. The highest BCUT2D eigenvalue weighted by Crippen LogP contribution is 2.26. The SMILES string of the molecule is COCCOc1ccc(C(=O)NC(=S)NCc2cccnc2)cc1Br. The Morgan fingerprint density at radius 3 is 2.84 bits per heavy atom. The second-order valence-electron chi connectivity index (χ2n) is 4.98. The highest BCUT2D eigenvalue weighted by atomic mass is 79.9. The van der Waals surface area contributed by atoms with Crippen molar-refractivity contribution in [3.05, 3.63) is 58.3 Å². The molecule has 0 spiro atoms. The number of hydrogen-bond acceptors (Lipinski definition) is 5. The molecule has 2 N–H and O–H groups in total. The van der Waals surface area contributed by atoms with E-state index in [1.165, 1.54) is 0 Å². The second kappa shape index (κ2) is 10.1. The standard InChI is InChI=1S/C17H18BrN3O3S/c1-23-7-8-24-15-5-4-13(9-14(15)18)16(22)21-17(25)20-11-12-3-2-6-19-10-12/h2-6,9-10H,7-8,11H2,1H3,(H2,20,21,22,25). The van der Waals surface area contributed by atoms with Crippen molar-refractivity contribution in [1.82, 2.24) is 15.6 Å². The minimum atomic E-state index is -0.298. The van der Waals surface area contributed by atoms with E-state index in [0.717, 1.165) is 5.56 Å². The molecule has 25 heavy (non-hydrogen) atoms. The van der Waals surface area contributed by atoms with E-state index in [1.54, 1.807) is 37.7 Å². The highest BCUT2D eigenvalue weighted by Gasteiger charge is 2.11. The van der Waals surface area contributed by atoms with Crippen LogP contribution in [0, 0.1) is 0 Å². The molecule has 0 bridgehead atoms. The monoisotopic (exact) mass is 423 g/mol. The Hall–Kier alpha value is -2.03. The van der Waals surface area contributed by atoms with E-state index in [2.05, 4.69) is 31.5 Å². The zero-order valence-electron chi connectivity index (χ0n) is 13.6. The van der Waals surface area contributed by atoms with Gasteiger partial charge in [0.2, 0.25) is 0 Å². The maximum Gasteiger partial charge on any atom is 0.257 e. The number of amides is 1. The summed E-state index contributed by atoms with van der Waals surface area (Å²) in [5, 5.41) is 5.87. The lowest BCUT2D eigenvalue weighted by molar-refractivity contribution is 0.0976. The first kappa shape index (κ1) is 19.3. The zero-order chi connectivity index (χ0) is 18.1. The number of rotatable bonds is 7. The van der Waals surface area contributed by atoms with E-state index in [1.807, 2.05) is 12.1 Å². The predicted octanol–water partition coefficient (Wildman–Crippen LogP) is 2.67. The first-order chi connectivity index (χ1) is 12.1. The van der Waals surface area contributed by atoms with Crippen LogP contribution >= 0.6 is 28.1 Å². The normalized spacial score (nSPS) is 10.2. The van der Waals surface area contributed by atoms with Crippen LogP contribution in [0.3, 0.4) is 0 Å². The number of benzene rings is 1. The third-order valence-electron chi connectivity index (χ3n) is 3.14. The molecule has 1 aromatic carbocycles. The summed E-state index contributed by atoms with van der Waals surface area (Å²) in [4.78, 5) is 16.3. The van der Waals surface area contributed by atoms with Crippen LogP contribution in [0.25, 0.3) is 0 Å². The molecule has 8 heteroatoms. The molecule has 2 rings (SSSR count). The van der Waals surface area contributed by atoms with Gasteiger partial charge in [-0.25, -0.2) is 0 Å². The third-order valence-corrected chi connectivity index (χ3v) is 4.01. The molecule has 0 radical (unpaired) electrons. The van der Waals surface area contributed by atoms with Crippen molar-refractivity contribution in [1.29, 1.82) is 0 Å². The lowest BCUT2D eigenvalue weighted by atomic mass is 10.2. The summed E-state index contributed by atoms with van der Waals surface area (Å²) in [5.41, 5.74) is 1.44. The van der Waals surface area contributed by atoms with Crippen LogP contribution in [-0.2, 0) is 11.3 Å². The van der Waals surface area contributed by atoms with Crippen LogP contribution in [0.15, 0.2) is 47.2 Å². The Morgan fingerprint density at radius 2 is 2.16 bits per heavy atom. The molecule has 0 atom stereocenters. The molecule has 1 amide bonds. The molecule has 1 heterocycles. The molecular formula is C17H18BrN3O3S. The van der Waals surface area contributed by atoms with Gasteiger partial charge in [0.1, 0.15) is 12.4 Å². The Morgan fingerprint density at radius 1 is 1.32 bits per heavy atom. The number of hydrogen-bond donors (Lipinski definition) is 2. The van der Waals surface area contributed by atoms with Crippen LogP contribution in [0.4, 0.5) is 0 Å². The first-order valence-electron chi connectivity index (χ1n) is 7.49. The van der Waals surface area contributed by atoms with E-state index < -0.39 is 0 Å². The minimum absolute atomic E-state index is 0.255. The fourth-order valence-electron chi connectivity index (χ4n) is 1.90. The molecule has 0 saturated heterocycles. The lowest BCUT2D eigenvalue weighted by Crippen LogP contribution is -2.38. The van der Waals surface area contributed by atoms with Gasteiger partial charge in [-0.3, -0.25) is 15.1 Å². The molecule has 0 unspecified atom stereocenters. The van der Waals surface area contributed by atoms with Crippen molar-refractivity contribution in [2.75, 3.05) is 20.3 Å². The molecule has 6 nitrogen and oxygen atoms in total. The number of methoxy groups -OCH3 is 1. The van der Waals surface area contributed by atoms with Crippen molar-refractivity contribution in [2.24, 2.45) is 0 Å². The summed E-state index contributed by atoms with van der Waals surface area (Å²) in [7, 11) is 1.61. The molecule has 1 aromatic heterocycles. The maximum absolute atomic E-state index is 12.3. The lowest BCUT2D eigenvalue weighted by Gasteiger charge is -2.11. The van der Waals surface area contributed by atoms with Crippen LogP contribution in [-0.4, -0.2) is 36.3 Å². The smallest absolute Gasteiger partial charge is 0.257 e. The van der Waals surface area contributed by atoms with E-state index in [-0.39, 0.29) is 11.0 Å². The molecule has 0 saturated carbocycles. The Bertz CT molecular complexity index is 728. The number of nitrogens with zero attached hydrogens (tertiary/aromatic N) is 1. The van der Waals surface area contributed by atoms with E-state index in [9.17, 15) is 4.79 Å². The maximum atomic E-state index is 12.3. The average Bonchev–Trinajstić information content (AvgIpc) is 2.62. The van der Waals surface area contributed by atoms with Gasteiger partial charge in [-0.1, -0.05) is 6.07 Å². The predicted molar refractivity (Wildman–Crippen MR) is 103 cm³/mol. The van der Waals surface area contributed by atoms with Gasteiger partial charge in [0.05, 0.1) is 11.1 Å². The van der Waals surface area contributed by atoms with Crippen molar-refractivity contribution < 1.29 is 14.3 Å². The largest absolute Gasteiger partial charge is 0.490 e. The van der Waals surface area contributed by atoms with Gasteiger partial charge in [0.25, 0.3) is 5.91 Å². The van der Waals surface area contributed by atoms with Crippen molar-refractivity contribution in [2.45, 2.75) is 6.54 Å². The number of ether oxygens (including phenoxy) is 2. The molecule has 0 aliphatic rings. The molecular weight excluding hydrogens is 406 g/mol. The number of thiocarbonyl (C=S) groups is 1. The summed E-state index contributed by atoms with van der Waals surface area (Å²) < 4.78 is 11.2. The molecule has 0 aliphatic carbocycles. The molecule has 132 valence electrons. The van der Waals surface area contributed by atoms with Gasteiger partial charge in [0.15, 0.2) is 5.11 Å². The fraction of sp³-hybridized carbons (Fsp3) is 0.235. The number of aromatic nitrogens is 1. The average molecular weight is 424 g/mol.